The van der Waals surface area contributed by atoms with E-state index >= 15 is 0 Å². The van der Waals surface area contributed by atoms with Gasteiger partial charge in [-0.05, 0) is 41.6 Å². The smallest absolute Gasteiger partial charge is 0.264 e. The second-order valence-corrected chi connectivity index (χ2v) is 8.65. The molecule has 1 atom stereocenters. The number of rotatable bonds is 6. The Bertz CT molecular complexity index is 1020. The minimum absolute atomic E-state index is 0.235. The number of amides is 1. The molecule has 0 saturated heterocycles. The third-order valence-corrected chi connectivity index (χ3v) is 6.38. The number of hydrogen-bond acceptors (Lipinski definition) is 4. The molecule has 28 heavy (non-hydrogen) atoms. The quantitative estimate of drug-likeness (QED) is 0.554. The predicted octanol–water partition coefficient (Wildman–Crippen LogP) is 4.56. The highest BCUT2D eigenvalue weighted by Gasteiger charge is 2.50. The minimum Gasteiger partial charge on any atom is -0.375 e. The molecule has 1 unspecified atom stereocenters. The van der Waals surface area contributed by atoms with E-state index in [0.29, 0.717) is 29.1 Å². The van der Waals surface area contributed by atoms with Gasteiger partial charge in [0.15, 0.2) is 11.4 Å². The van der Waals surface area contributed by atoms with Crippen LogP contribution in [-0.2, 0) is 16.8 Å². The summed E-state index contributed by atoms with van der Waals surface area (Å²) in [6.45, 7) is 0.437. The Morgan fingerprint density at radius 3 is 2.61 bits per heavy atom. The van der Waals surface area contributed by atoms with Gasteiger partial charge >= 0.3 is 0 Å². The average Bonchev–Trinajstić information content (AvgIpc) is 3.30. The van der Waals surface area contributed by atoms with Gasteiger partial charge in [-0.1, -0.05) is 52.3 Å². The Morgan fingerprint density at radius 1 is 1.11 bits per heavy atom. The first-order chi connectivity index (χ1) is 13.5. The zero-order valence-corrected chi connectivity index (χ0v) is 17.4. The number of nitrogens with zero attached hydrogens (tertiary/aromatic N) is 1. The van der Waals surface area contributed by atoms with E-state index < -0.39 is 11.5 Å². The van der Waals surface area contributed by atoms with Gasteiger partial charge in [0.1, 0.15) is 0 Å². The second kappa shape index (κ2) is 7.62. The van der Waals surface area contributed by atoms with Crippen molar-refractivity contribution in [2.24, 2.45) is 0 Å². The van der Waals surface area contributed by atoms with Gasteiger partial charge < -0.3 is 10.0 Å². The fourth-order valence-electron chi connectivity index (χ4n) is 3.56. The van der Waals surface area contributed by atoms with Gasteiger partial charge in [-0.3, -0.25) is 9.59 Å². The molecule has 3 aromatic rings. The molecular formula is C22H18BrNO3S. The van der Waals surface area contributed by atoms with Gasteiger partial charge in [-0.2, -0.15) is 0 Å². The van der Waals surface area contributed by atoms with E-state index in [1.54, 1.807) is 23.1 Å². The number of ketones is 1. The first-order valence-corrected chi connectivity index (χ1v) is 10.6. The first kappa shape index (κ1) is 19.1. The summed E-state index contributed by atoms with van der Waals surface area (Å²) in [6, 6.07) is 18.8. The highest BCUT2D eigenvalue weighted by atomic mass is 79.9. The lowest BCUT2D eigenvalue weighted by Gasteiger charge is -2.22. The SMILES string of the molecule is O=C(CC1(O)C(=O)N(CCc2ccccc2)c2ccc(Br)cc21)c1cccs1. The monoisotopic (exact) mass is 455 g/mol. The lowest BCUT2D eigenvalue weighted by Crippen LogP contribution is -2.42. The summed E-state index contributed by atoms with van der Waals surface area (Å²) in [5, 5.41) is 13.2. The average molecular weight is 456 g/mol. The Labute approximate surface area is 175 Å². The number of fused-ring (bicyclic) bond motifs is 1. The van der Waals surface area contributed by atoms with Crippen LogP contribution in [0.4, 0.5) is 5.69 Å². The molecule has 1 aliphatic rings. The largest absolute Gasteiger partial charge is 0.375 e. The summed E-state index contributed by atoms with van der Waals surface area (Å²) in [4.78, 5) is 28.0. The fourth-order valence-corrected chi connectivity index (χ4v) is 4.58. The summed E-state index contributed by atoms with van der Waals surface area (Å²) in [5.41, 5.74) is 0.395. The van der Waals surface area contributed by atoms with E-state index in [-0.39, 0.29) is 12.2 Å². The van der Waals surface area contributed by atoms with E-state index in [0.717, 1.165) is 10.0 Å². The number of benzene rings is 2. The van der Waals surface area contributed by atoms with Gasteiger partial charge in [0.25, 0.3) is 5.91 Å². The standard InChI is InChI=1S/C22H18BrNO3S/c23-16-8-9-18-17(13-16)22(27,14-19(25)20-7-4-12-28-20)21(26)24(18)11-10-15-5-2-1-3-6-15/h1-9,12-13,27H,10-11,14H2. The molecule has 1 aliphatic heterocycles. The van der Waals surface area contributed by atoms with Crippen LogP contribution in [0.3, 0.4) is 0 Å². The van der Waals surface area contributed by atoms with E-state index in [1.807, 2.05) is 47.8 Å². The van der Waals surface area contributed by atoms with Crippen molar-refractivity contribution in [3.63, 3.8) is 0 Å². The lowest BCUT2D eigenvalue weighted by molar-refractivity contribution is -0.135. The summed E-state index contributed by atoms with van der Waals surface area (Å²) in [5.74, 6) is -0.678. The van der Waals surface area contributed by atoms with Crippen molar-refractivity contribution in [1.29, 1.82) is 0 Å². The molecule has 0 fully saturated rings. The predicted molar refractivity (Wildman–Crippen MR) is 114 cm³/mol. The third-order valence-electron chi connectivity index (χ3n) is 4.97. The molecule has 6 heteroatoms. The molecule has 1 N–H and O–H groups in total. The first-order valence-electron chi connectivity index (χ1n) is 8.94. The van der Waals surface area contributed by atoms with Crippen LogP contribution in [0.5, 0.6) is 0 Å². The van der Waals surface area contributed by atoms with Crippen molar-refractivity contribution < 1.29 is 14.7 Å². The third kappa shape index (κ3) is 3.43. The van der Waals surface area contributed by atoms with E-state index in [9.17, 15) is 14.7 Å². The maximum atomic E-state index is 13.2. The van der Waals surface area contributed by atoms with Crippen LogP contribution in [-0.4, -0.2) is 23.3 Å². The van der Waals surface area contributed by atoms with Crippen molar-refractivity contribution in [2.45, 2.75) is 18.4 Å². The molecule has 0 radical (unpaired) electrons. The van der Waals surface area contributed by atoms with Crippen LogP contribution in [0.1, 0.15) is 27.2 Å². The van der Waals surface area contributed by atoms with Crippen LogP contribution in [0.15, 0.2) is 70.5 Å². The molecule has 2 aromatic carbocycles. The van der Waals surface area contributed by atoms with Gasteiger partial charge in [0.05, 0.1) is 17.0 Å². The molecule has 0 aliphatic carbocycles. The van der Waals surface area contributed by atoms with Crippen molar-refractivity contribution >= 4 is 44.6 Å². The summed E-state index contributed by atoms with van der Waals surface area (Å²) < 4.78 is 0.756. The maximum absolute atomic E-state index is 13.2. The van der Waals surface area contributed by atoms with Gasteiger partial charge in [0.2, 0.25) is 0 Å². The Kier molecular flexibility index (Phi) is 5.19. The van der Waals surface area contributed by atoms with Crippen molar-refractivity contribution in [1.82, 2.24) is 0 Å². The fraction of sp³-hybridized carbons (Fsp3) is 0.182. The van der Waals surface area contributed by atoms with Crippen molar-refractivity contribution in [3.05, 3.63) is 86.5 Å². The van der Waals surface area contributed by atoms with Crippen LogP contribution in [0.25, 0.3) is 0 Å². The number of anilines is 1. The maximum Gasteiger partial charge on any atom is 0.264 e. The molecule has 0 spiro atoms. The normalized spacial score (nSPS) is 18.4. The number of Topliss-reactive ketones (excluding diaryl/α,β-unsaturated/α-hetero) is 1. The summed E-state index contributed by atoms with van der Waals surface area (Å²) in [6.07, 6.45) is 0.397. The Hall–Kier alpha value is -2.28. The molecular weight excluding hydrogens is 438 g/mol. The molecule has 2 heterocycles. The number of thiophene rings is 1. The molecule has 142 valence electrons. The van der Waals surface area contributed by atoms with Gasteiger partial charge in [0, 0.05) is 16.6 Å². The minimum atomic E-state index is -1.85. The van der Waals surface area contributed by atoms with Crippen LogP contribution in [0, 0.1) is 0 Å². The molecule has 1 aromatic heterocycles. The van der Waals surface area contributed by atoms with Crippen molar-refractivity contribution in [3.8, 4) is 0 Å². The number of halogens is 1. The van der Waals surface area contributed by atoms with E-state index in [1.165, 1.54) is 11.3 Å². The molecule has 0 bridgehead atoms. The summed E-state index contributed by atoms with van der Waals surface area (Å²) in [7, 11) is 0. The van der Waals surface area contributed by atoms with Crippen LogP contribution >= 0.6 is 27.3 Å². The number of aliphatic hydroxyl groups is 1. The van der Waals surface area contributed by atoms with E-state index in [2.05, 4.69) is 15.9 Å². The van der Waals surface area contributed by atoms with Crippen LogP contribution < -0.4 is 4.90 Å². The van der Waals surface area contributed by atoms with Gasteiger partial charge in [-0.15, -0.1) is 11.3 Å². The Morgan fingerprint density at radius 2 is 1.89 bits per heavy atom. The Balaban J connectivity index is 1.65. The summed E-state index contributed by atoms with van der Waals surface area (Å²) >= 11 is 4.73. The lowest BCUT2D eigenvalue weighted by atomic mass is 9.89. The number of carbonyl (C=O) groups is 2. The zero-order valence-electron chi connectivity index (χ0n) is 15.0. The highest BCUT2D eigenvalue weighted by molar-refractivity contribution is 9.10. The number of carbonyl (C=O) groups excluding carboxylic acids is 2. The molecule has 4 rings (SSSR count). The van der Waals surface area contributed by atoms with Gasteiger partial charge in [-0.25, -0.2) is 0 Å². The zero-order chi connectivity index (χ0) is 19.7. The second-order valence-electron chi connectivity index (χ2n) is 6.79. The van der Waals surface area contributed by atoms with Crippen LogP contribution in [0.2, 0.25) is 0 Å². The van der Waals surface area contributed by atoms with Crippen molar-refractivity contribution in [2.75, 3.05) is 11.4 Å². The molecule has 0 saturated carbocycles. The highest BCUT2D eigenvalue weighted by Crippen LogP contribution is 2.44. The topological polar surface area (TPSA) is 57.6 Å². The number of hydrogen-bond donors (Lipinski definition) is 1. The van der Waals surface area contributed by atoms with E-state index in [4.69, 9.17) is 0 Å². The molecule has 4 nitrogen and oxygen atoms in total. The molecule has 1 amide bonds.